The SMILES string of the molecule is Cc1[nH]c(=S)sc1CC(=O)NC1(CO)CCC1. The number of aromatic amines is 1. The summed E-state index contributed by atoms with van der Waals surface area (Å²) in [7, 11) is 0. The third kappa shape index (κ3) is 2.75. The summed E-state index contributed by atoms with van der Waals surface area (Å²) < 4.78 is 0.700. The molecule has 1 aromatic heterocycles. The largest absolute Gasteiger partial charge is 0.394 e. The van der Waals surface area contributed by atoms with E-state index in [4.69, 9.17) is 12.2 Å². The fourth-order valence-electron chi connectivity index (χ4n) is 2.02. The number of hydrogen-bond acceptors (Lipinski definition) is 4. The van der Waals surface area contributed by atoms with Crippen LogP contribution in [0.3, 0.4) is 0 Å². The molecule has 0 aliphatic heterocycles. The number of H-pyrrole nitrogens is 1. The Morgan fingerprint density at radius 1 is 1.65 bits per heavy atom. The van der Waals surface area contributed by atoms with Crippen LogP contribution in [0, 0.1) is 10.9 Å². The number of carbonyl (C=O) groups excluding carboxylic acids is 1. The summed E-state index contributed by atoms with van der Waals surface area (Å²) in [5.41, 5.74) is 0.602. The zero-order valence-corrected chi connectivity index (χ0v) is 11.3. The molecule has 3 N–H and O–H groups in total. The lowest BCUT2D eigenvalue weighted by atomic mass is 9.77. The van der Waals surface area contributed by atoms with Gasteiger partial charge in [-0.25, -0.2) is 0 Å². The quantitative estimate of drug-likeness (QED) is 0.731. The van der Waals surface area contributed by atoms with Crippen molar-refractivity contribution < 1.29 is 9.90 Å². The van der Waals surface area contributed by atoms with Crippen molar-refractivity contribution in [3.05, 3.63) is 14.5 Å². The molecule has 0 radical (unpaired) electrons. The smallest absolute Gasteiger partial charge is 0.225 e. The predicted molar refractivity (Wildman–Crippen MR) is 69.8 cm³/mol. The molecule has 1 fully saturated rings. The van der Waals surface area contributed by atoms with E-state index in [9.17, 15) is 9.90 Å². The van der Waals surface area contributed by atoms with Gasteiger partial charge in [-0.1, -0.05) is 0 Å². The summed E-state index contributed by atoms with van der Waals surface area (Å²) in [5, 5.41) is 12.2. The molecule has 1 heterocycles. The van der Waals surface area contributed by atoms with E-state index < -0.39 is 0 Å². The normalized spacial score (nSPS) is 17.5. The van der Waals surface area contributed by atoms with Gasteiger partial charge < -0.3 is 15.4 Å². The first-order valence-electron chi connectivity index (χ1n) is 5.65. The van der Waals surface area contributed by atoms with Crippen LogP contribution < -0.4 is 5.32 Å². The number of aromatic nitrogens is 1. The minimum absolute atomic E-state index is 0.0283. The van der Waals surface area contributed by atoms with Crippen molar-refractivity contribution in [1.29, 1.82) is 0 Å². The van der Waals surface area contributed by atoms with Crippen LogP contribution in [-0.4, -0.2) is 28.1 Å². The molecule has 0 unspecified atom stereocenters. The molecule has 4 nitrogen and oxygen atoms in total. The molecule has 0 aromatic carbocycles. The molecule has 17 heavy (non-hydrogen) atoms. The van der Waals surface area contributed by atoms with Gasteiger partial charge in [-0.15, -0.1) is 11.3 Å². The van der Waals surface area contributed by atoms with Crippen molar-refractivity contribution in [3.63, 3.8) is 0 Å². The van der Waals surface area contributed by atoms with Gasteiger partial charge in [0.25, 0.3) is 0 Å². The van der Waals surface area contributed by atoms with Crippen LogP contribution in [0.5, 0.6) is 0 Å². The van der Waals surface area contributed by atoms with Crippen LogP contribution in [0.25, 0.3) is 0 Å². The van der Waals surface area contributed by atoms with Crippen LogP contribution in [-0.2, 0) is 11.2 Å². The molecular formula is C11H16N2O2S2. The van der Waals surface area contributed by atoms with Gasteiger partial charge in [-0.05, 0) is 38.4 Å². The highest BCUT2D eigenvalue weighted by Crippen LogP contribution is 2.31. The summed E-state index contributed by atoms with van der Waals surface area (Å²) in [6.07, 6.45) is 3.16. The Labute approximate surface area is 109 Å². The number of carbonyl (C=O) groups is 1. The fourth-order valence-corrected chi connectivity index (χ4v) is 3.31. The summed E-state index contributed by atoms with van der Waals surface area (Å²) in [6, 6.07) is 0. The predicted octanol–water partition coefficient (Wildman–Crippen LogP) is 1.69. The zero-order chi connectivity index (χ0) is 12.5. The van der Waals surface area contributed by atoms with E-state index in [0.717, 1.165) is 29.8 Å². The zero-order valence-electron chi connectivity index (χ0n) is 9.71. The lowest BCUT2D eigenvalue weighted by molar-refractivity contribution is -0.124. The van der Waals surface area contributed by atoms with Crippen LogP contribution >= 0.6 is 23.6 Å². The van der Waals surface area contributed by atoms with Crippen molar-refractivity contribution in [1.82, 2.24) is 10.3 Å². The van der Waals surface area contributed by atoms with Crippen molar-refractivity contribution >= 4 is 29.5 Å². The molecule has 94 valence electrons. The Morgan fingerprint density at radius 3 is 2.76 bits per heavy atom. The molecule has 1 saturated carbocycles. The second-order valence-corrected chi connectivity index (χ2v) is 6.35. The standard InChI is InChI=1S/C11H16N2O2S2/c1-7-8(17-10(16)12-7)5-9(15)13-11(6-14)3-2-4-11/h14H,2-6H2,1H3,(H,12,16)(H,13,15). The first kappa shape index (κ1) is 12.7. The summed E-state index contributed by atoms with van der Waals surface area (Å²) in [4.78, 5) is 15.9. The van der Waals surface area contributed by atoms with Gasteiger partial charge in [0.2, 0.25) is 5.91 Å². The lowest BCUT2D eigenvalue weighted by Crippen LogP contribution is -2.56. The summed E-state index contributed by atoms with van der Waals surface area (Å²) in [6.45, 7) is 1.95. The van der Waals surface area contributed by atoms with Gasteiger partial charge in [0, 0.05) is 10.6 Å². The molecule has 0 bridgehead atoms. The molecular weight excluding hydrogens is 256 g/mol. The maximum absolute atomic E-state index is 11.9. The number of aliphatic hydroxyl groups is 1. The first-order chi connectivity index (χ1) is 8.04. The third-order valence-corrected chi connectivity index (χ3v) is 4.60. The minimum atomic E-state index is -0.358. The average molecular weight is 272 g/mol. The summed E-state index contributed by atoms with van der Waals surface area (Å²) in [5.74, 6) is -0.0351. The first-order valence-corrected chi connectivity index (χ1v) is 6.88. The number of aryl methyl sites for hydroxylation is 1. The number of rotatable bonds is 4. The topological polar surface area (TPSA) is 65.1 Å². The molecule has 0 atom stereocenters. The van der Waals surface area contributed by atoms with Crippen LogP contribution in [0.4, 0.5) is 0 Å². The highest BCUT2D eigenvalue weighted by molar-refractivity contribution is 7.73. The van der Waals surface area contributed by atoms with Gasteiger partial charge in [0.15, 0.2) is 3.95 Å². The van der Waals surface area contributed by atoms with Gasteiger partial charge in [0.05, 0.1) is 18.6 Å². The van der Waals surface area contributed by atoms with E-state index in [1.165, 1.54) is 11.3 Å². The molecule has 0 spiro atoms. The van der Waals surface area contributed by atoms with E-state index in [1.54, 1.807) is 0 Å². The Balaban J connectivity index is 1.98. The van der Waals surface area contributed by atoms with Crippen molar-refractivity contribution in [2.24, 2.45) is 0 Å². The van der Waals surface area contributed by atoms with Gasteiger partial charge in [0.1, 0.15) is 0 Å². The van der Waals surface area contributed by atoms with E-state index in [2.05, 4.69) is 10.3 Å². The van der Waals surface area contributed by atoms with Gasteiger partial charge >= 0.3 is 0 Å². The number of hydrogen-bond donors (Lipinski definition) is 3. The highest BCUT2D eigenvalue weighted by Gasteiger charge is 2.37. The van der Waals surface area contributed by atoms with Crippen LogP contribution in [0.2, 0.25) is 0 Å². The van der Waals surface area contributed by atoms with Crippen molar-refractivity contribution in [2.45, 2.75) is 38.1 Å². The average Bonchev–Trinajstić information content (AvgIpc) is 2.51. The molecule has 1 amide bonds. The number of amides is 1. The van der Waals surface area contributed by atoms with E-state index in [1.807, 2.05) is 6.92 Å². The monoisotopic (exact) mass is 272 g/mol. The molecule has 1 aromatic rings. The molecule has 1 aliphatic carbocycles. The fraction of sp³-hybridized carbons (Fsp3) is 0.636. The number of aliphatic hydroxyl groups excluding tert-OH is 1. The summed E-state index contributed by atoms with van der Waals surface area (Å²) >= 11 is 6.47. The Kier molecular flexibility index (Phi) is 3.65. The Hall–Kier alpha value is -0.720. The highest BCUT2D eigenvalue weighted by atomic mass is 32.1. The van der Waals surface area contributed by atoms with E-state index in [-0.39, 0.29) is 18.1 Å². The van der Waals surface area contributed by atoms with Crippen molar-refractivity contribution in [3.8, 4) is 0 Å². The Morgan fingerprint density at radius 2 is 2.35 bits per heavy atom. The van der Waals surface area contributed by atoms with Gasteiger partial charge in [-0.2, -0.15) is 0 Å². The third-order valence-electron chi connectivity index (χ3n) is 3.26. The van der Waals surface area contributed by atoms with E-state index in [0.29, 0.717) is 10.4 Å². The van der Waals surface area contributed by atoms with Crippen molar-refractivity contribution in [2.75, 3.05) is 6.61 Å². The van der Waals surface area contributed by atoms with Crippen LogP contribution in [0.1, 0.15) is 29.8 Å². The number of nitrogens with one attached hydrogen (secondary N) is 2. The maximum atomic E-state index is 11.9. The molecule has 6 heteroatoms. The second kappa shape index (κ2) is 4.88. The van der Waals surface area contributed by atoms with Crippen LogP contribution in [0.15, 0.2) is 0 Å². The molecule has 1 aliphatic rings. The van der Waals surface area contributed by atoms with E-state index >= 15 is 0 Å². The number of thiazole rings is 1. The maximum Gasteiger partial charge on any atom is 0.225 e. The molecule has 0 saturated heterocycles. The lowest BCUT2D eigenvalue weighted by Gasteiger charge is -2.40. The van der Waals surface area contributed by atoms with Gasteiger partial charge in [-0.3, -0.25) is 4.79 Å². The Bertz CT molecular complexity index is 469. The molecule has 2 rings (SSSR count). The minimum Gasteiger partial charge on any atom is -0.394 e. The second-order valence-electron chi connectivity index (χ2n) is 4.58.